The summed E-state index contributed by atoms with van der Waals surface area (Å²) in [6.07, 6.45) is 1.60. The van der Waals surface area contributed by atoms with Crippen molar-refractivity contribution in [1.29, 1.82) is 0 Å². The van der Waals surface area contributed by atoms with E-state index in [-0.39, 0.29) is 18.4 Å². The molecule has 0 radical (unpaired) electrons. The third kappa shape index (κ3) is 6.91. The number of amides is 2. The van der Waals surface area contributed by atoms with E-state index >= 15 is 0 Å². The third-order valence-electron chi connectivity index (χ3n) is 2.88. The molecule has 3 N–H and O–H groups in total. The van der Waals surface area contributed by atoms with Crippen molar-refractivity contribution in [2.24, 2.45) is 5.92 Å². The topological polar surface area (TPSA) is 78.4 Å². The summed E-state index contributed by atoms with van der Waals surface area (Å²) >= 11 is 5.04. The number of urea groups is 1. The van der Waals surface area contributed by atoms with Crippen LogP contribution >= 0.6 is 27.3 Å². The molecule has 0 saturated carbocycles. The maximum Gasteiger partial charge on any atom is 0.314 e. The van der Waals surface area contributed by atoms with Gasteiger partial charge in [0, 0.05) is 24.4 Å². The van der Waals surface area contributed by atoms with Crippen LogP contribution in [0.25, 0.3) is 0 Å². The monoisotopic (exact) mass is 362 g/mol. The number of hydrogen-bond donors (Lipinski definition) is 3. The van der Waals surface area contributed by atoms with Crippen LogP contribution in [0.15, 0.2) is 15.9 Å². The molecule has 0 aliphatic carbocycles. The Morgan fingerprint density at radius 1 is 1.40 bits per heavy atom. The molecule has 0 aliphatic rings. The molecule has 0 fully saturated rings. The van der Waals surface area contributed by atoms with Crippen LogP contribution in [-0.2, 0) is 11.2 Å². The van der Waals surface area contributed by atoms with Crippen molar-refractivity contribution in [1.82, 2.24) is 10.6 Å². The maximum atomic E-state index is 11.6. The maximum absolute atomic E-state index is 11.6. The number of carboxylic acid groups (broad SMARTS) is 1. The Hall–Kier alpha value is -1.08. The van der Waals surface area contributed by atoms with Crippen molar-refractivity contribution in [2.45, 2.75) is 26.2 Å². The Bertz CT molecular complexity index is 451. The molecule has 5 nitrogen and oxygen atoms in total. The van der Waals surface area contributed by atoms with Crippen LogP contribution < -0.4 is 10.6 Å². The molecule has 7 heteroatoms. The van der Waals surface area contributed by atoms with E-state index in [4.69, 9.17) is 5.11 Å². The highest BCUT2D eigenvalue weighted by molar-refractivity contribution is 9.11. The van der Waals surface area contributed by atoms with E-state index in [0.717, 1.165) is 16.6 Å². The van der Waals surface area contributed by atoms with Gasteiger partial charge in [0.25, 0.3) is 0 Å². The Balaban J connectivity index is 2.18. The average molecular weight is 363 g/mol. The second kappa shape index (κ2) is 8.97. The van der Waals surface area contributed by atoms with E-state index in [2.05, 4.69) is 26.6 Å². The lowest BCUT2D eigenvalue weighted by Gasteiger charge is -2.13. The Morgan fingerprint density at radius 3 is 2.70 bits per heavy atom. The lowest BCUT2D eigenvalue weighted by atomic mass is 10.0. The van der Waals surface area contributed by atoms with Gasteiger partial charge in [-0.25, -0.2) is 4.79 Å². The van der Waals surface area contributed by atoms with Gasteiger partial charge in [0.15, 0.2) is 0 Å². The largest absolute Gasteiger partial charge is 0.481 e. The summed E-state index contributed by atoms with van der Waals surface area (Å²) in [6, 6.07) is 3.76. The first-order chi connectivity index (χ1) is 9.51. The fraction of sp³-hybridized carbons (Fsp3) is 0.538. The van der Waals surface area contributed by atoms with Crippen LogP contribution in [0.3, 0.4) is 0 Å². The van der Waals surface area contributed by atoms with Crippen LogP contribution in [0, 0.1) is 5.92 Å². The smallest absolute Gasteiger partial charge is 0.314 e. The molecule has 0 aromatic carbocycles. The van der Waals surface area contributed by atoms with Gasteiger partial charge in [-0.05, 0) is 40.4 Å². The van der Waals surface area contributed by atoms with Gasteiger partial charge in [-0.1, -0.05) is 13.3 Å². The number of carbonyl (C=O) groups excluding carboxylic acids is 1. The van der Waals surface area contributed by atoms with Crippen molar-refractivity contribution in [3.05, 3.63) is 20.8 Å². The normalized spacial score (nSPS) is 11.9. The second-order valence-corrected chi connectivity index (χ2v) is 7.01. The van der Waals surface area contributed by atoms with Gasteiger partial charge in [-0.2, -0.15) is 0 Å². The first-order valence-electron chi connectivity index (χ1n) is 6.49. The van der Waals surface area contributed by atoms with E-state index < -0.39 is 5.97 Å². The number of halogens is 1. The predicted octanol–water partition coefficient (Wildman–Crippen LogP) is 2.85. The lowest BCUT2D eigenvalue weighted by molar-refractivity contribution is -0.138. The highest BCUT2D eigenvalue weighted by atomic mass is 79.9. The standard InChI is InChI=1S/C13H19BrN2O3S/c1-2-9(7-12(17)18)8-16-13(19)15-6-5-10-3-4-11(14)20-10/h3-4,9H,2,5-8H2,1H3,(H,17,18)(H2,15,16,19). The fourth-order valence-electron chi connectivity index (χ4n) is 1.69. The highest BCUT2D eigenvalue weighted by Crippen LogP contribution is 2.21. The zero-order valence-corrected chi connectivity index (χ0v) is 13.7. The van der Waals surface area contributed by atoms with Gasteiger partial charge in [-0.15, -0.1) is 11.3 Å². The van der Waals surface area contributed by atoms with E-state index in [1.165, 1.54) is 4.88 Å². The summed E-state index contributed by atoms with van der Waals surface area (Å²) in [6.45, 7) is 2.87. The van der Waals surface area contributed by atoms with Gasteiger partial charge in [0.05, 0.1) is 3.79 Å². The minimum Gasteiger partial charge on any atom is -0.481 e. The number of rotatable bonds is 8. The molecule has 0 bridgehead atoms. The molecule has 1 rings (SSSR count). The second-order valence-electron chi connectivity index (χ2n) is 4.46. The molecule has 112 valence electrons. The molecule has 1 atom stereocenters. The number of aliphatic carboxylic acids is 1. The first kappa shape index (κ1) is 17.0. The highest BCUT2D eigenvalue weighted by Gasteiger charge is 2.12. The van der Waals surface area contributed by atoms with Crippen LogP contribution in [0.1, 0.15) is 24.6 Å². The molecule has 1 aromatic heterocycles. The molecule has 1 aromatic rings. The van der Waals surface area contributed by atoms with Crippen molar-refractivity contribution in [2.75, 3.05) is 13.1 Å². The van der Waals surface area contributed by atoms with Gasteiger partial charge < -0.3 is 15.7 Å². The molecule has 1 unspecified atom stereocenters. The zero-order chi connectivity index (χ0) is 15.0. The minimum absolute atomic E-state index is 0.0218. The number of hydrogen-bond acceptors (Lipinski definition) is 3. The fourth-order valence-corrected chi connectivity index (χ4v) is 3.18. The molecular formula is C13H19BrN2O3S. The Morgan fingerprint density at radius 2 is 2.15 bits per heavy atom. The van der Waals surface area contributed by atoms with Crippen molar-refractivity contribution >= 4 is 39.3 Å². The number of carboxylic acids is 1. The SMILES string of the molecule is CCC(CNC(=O)NCCc1ccc(Br)s1)CC(=O)O. The number of nitrogens with one attached hydrogen (secondary N) is 2. The first-order valence-corrected chi connectivity index (χ1v) is 8.10. The summed E-state index contributed by atoms with van der Waals surface area (Å²) in [5.41, 5.74) is 0. The summed E-state index contributed by atoms with van der Waals surface area (Å²) in [4.78, 5) is 23.4. The van der Waals surface area contributed by atoms with Crippen molar-refractivity contribution in [3.8, 4) is 0 Å². The van der Waals surface area contributed by atoms with Crippen LogP contribution in [-0.4, -0.2) is 30.2 Å². The van der Waals surface area contributed by atoms with Gasteiger partial charge in [-0.3, -0.25) is 4.79 Å². The number of carbonyl (C=O) groups is 2. The molecule has 2 amide bonds. The molecule has 0 saturated heterocycles. The molecule has 0 aliphatic heterocycles. The molecule has 0 spiro atoms. The van der Waals surface area contributed by atoms with Crippen LogP contribution in [0.2, 0.25) is 0 Å². The van der Waals surface area contributed by atoms with E-state index in [1.807, 2.05) is 19.1 Å². The quantitative estimate of drug-likeness (QED) is 0.665. The molecule has 1 heterocycles. The van der Waals surface area contributed by atoms with E-state index in [9.17, 15) is 9.59 Å². The Labute approximate surface area is 130 Å². The van der Waals surface area contributed by atoms with Gasteiger partial charge in [0.2, 0.25) is 0 Å². The average Bonchev–Trinajstić information content (AvgIpc) is 2.80. The van der Waals surface area contributed by atoms with Crippen molar-refractivity contribution < 1.29 is 14.7 Å². The summed E-state index contributed by atoms with van der Waals surface area (Å²) in [5, 5.41) is 14.2. The summed E-state index contributed by atoms with van der Waals surface area (Å²) in [5.74, 6) is -0.853. The third-order valence-corrected chi connectivity index (χ3v) is 4.56. The predicted molar refractivity (Wildman–Crippen MR) is 83.2 cm³/mol. The Kier molecular flexibility index (Phi) is 7.61. The van der Waals surface area contributed by atoms with E-state index in [1.54, 1.807) is 11.3 Å². The van der Waals surface area contributed by atoms with Crippen LogP contribution in [0.4, 0.5) is 4.79 Å². The summed E-state index contributed by atoms with van der Waals surface area (Å²) in [7, 11) is 0. The molecule has 20 heavy (non-hydrogen) atoms. The summed E-state index contributed by atoms with van der Waals surface area (Å²) < 4.78 is 1.08. The van der Waals surface area contributed by atoms with Crippen LogP contribution in [0.5, 0.6) is 0 Å². The van der Waals surface area contributed by atoms with Gasteiger partial charge in [0.1, 0.15) is 0 Å². The zero-order valence-electron chi connectivity index (χ0n) is 11.3. The van der Waals surface area contributed by atoms with Crippen molar-refractivity contribution in [3.63, 3.8) is 0 Å². The molecular weight excluding hydrogens is 344 g/mol. The van der Waals surface area contributed by atoms with Gasteiger partial charge >= 0.3 is 12.0 Å². The van der Waals surface area contributed by atoms with E-state index in [0.29, 0.717) is 13.1 Å². The number of thiophene rings is 1. The minimum atomic E-state index is -0.831. The lowest BCUT2D eigenvalue weighted by Crippen LogP contribution is -2.39.